The van der Waals surface area contributed by atoms with Crippen LogP contribution in [0.5, 0.6) is 0 Å². The highest BCUT2D eigenvalue weighted by Gasteiger charge is 2.08. The molecule has 0 fully saturated rings. The van der Waals surface area contributed by atoms with Crippen LogP contribution in [0.2, 0.25) is 0 Å². The lowest BCUT2D eigenvalue weighted by Crippen LogP contribution is -1.96. The Morgan fingerprint density at radius 2 is 0.426 bits per heavy atom. The number of benzene rings is 8. The average molecular weight is 723 g/mol. The Morgan fingerprint density at radius 1 is 0.259 bits per heavy atom. The Hall–Kier alpha value is -7.40. The van der Waals surface area contributed by atoms with Gasteiger partial charge in [0.15, 0.2) is 0 Å². The van der Waals surface area contributed by atoms with Crippen molar-refractivity contribution in [2.45, 2.75) is 0 Å². The number of carbonyl (C=O) groups is 4. The second-order valence-electron chi connectivity index (χ2n) is 11.3. The van der Waals surface area contributed by atoms with Crippen LogP contribution >= 0.6 is 0 Å². The summed E-state index contributed by atoms with van der Waals surface area (Å²) in [6.45, 7) is 0. The van der Waals surface area contributed by atoms with Gasteiger partial charge in [0.1, 0.15) is 0 Å². The van der Waals surface area contributed by atoms with E-state index < -0.39 is 23.9 Å². The van der Waals surface area contributed by atoms with Gasteiger partial charge in [0.05, 0.1) is 22.3 Å². The summed E-state index contributed by atoms with van der Waals surface area (Å²) < 4.78 is 0. The van der Waals surface area contributed by atoms with Crippen molar-refractivity contribution in [1.82, 2.24) is 12.3 Å². The van der Waals surface area contributed by atoms with Crippen LogP contribution in [0.1, 0.15) is 41.4 Å². The lowest BCUT2D eigenvalue weighted by Gasteiger charge is -2.00. The third-order valence-electron chi connectivity index (χ3n) is 8.08. The monoisotopic (exact) mass is 722 g/mol. The van der Waals surface area contributed by atoms with Crippen LogP contribution in [0, 0.1) is 0 Å². The Kier molecular flexibility index (Phi) is 14.6. The molecule has 8 aromatic rings. The molecule has 8 aromatic carbocycles. The fourth-order valence-electron chi connectivity index (χ4n) is 5.65. The minimum atomic E-state index is -0.878. The lowest BCUT2D eigenvalue weighted by atomic mass is 10.1. The van der Waals surface area contributed by atoms with Gasteiger partial charge in [-0.1, -0.05) is 146 Å². The Labute approximate surface area is 310 Å². The summed E-state index contributed by atoms with van der Waals surface area (Å²) in [6, 6.07) is 51.0. The molecule has 0 radical (unpaired) electrons. The largest absolute Gasteiger partial charge is 0.478 e. The molecule has 54 heavy (non-hydrogen) atoms. The summed E-state index contributed by atoms with van der Waals surface area (Å²) in [6.07, 6.45) is 0. The molecule has 0 saturated heterocycles. The second-order valence-corrected chi connectivity index (χ2v) is 11.3. The molecule has 0 unspecified atom stereocenters. The van der Waals surface area contributed by atoms with Gasteiger partial charge in [-0.3, -0.25) is 0 Å². The number of fused-ring (bicyclic) bond motifs is 4. The third kappa shape index (κ3) is 9.89. The maximum Gasteiger partial charge on any atom is 0.336 e. The van der Waals surface area contributed by atoms with Crippen molar-refractivity contribution in [3.8, 4) is 0 Å². The summed E-state index contributed by atoms with van der Waals surface area (Å²) in [5, 5.41) is 42.5. The topological polar surface area (TPSA) is 219 Å². The number of aromatic carboxylic acids is 4. The first kappa shape index (κ1) is 41.0. The zero-order valence-corrected chi connectivity index (χ0v) is 29.0. The van der Waals surface area contributed by atoms with Crippen molar-refractivity contribution in [3.05, 3.63) is 192 Å². The van der Waals surface area contributed by atoms with Gasteiger partial charge in [-0.15, -0.1) is 0 Å². The van der Waals surface area contributed by atoms with Gasteiger partial charge in [0, 0.05) is 0 Å². The Balaban J connectivity index is 0.000000191. The first-order valence-electron chi connectivity index (χ1n) is 16.0. The molecule has 0 heterocycles. The molecule has 0 amide bonds. The van der Waals surface area contributed by atoms with E-state index in [0.717, 1.165) is 43.1 Å². The molecule has 0 aliphatic rings. The molecule has 0 aliphatic heterocycles. The standard InChI is InChI=1S/4C11H8O2.2H3N/c4*12-11(13)10-7-3-5-8-4-1-2-6-9(8)10;;/h4*1-7H,(H,12,13);2*1H3. The normalized spacial score (nSPS) is 9.78. The van der Waals surface area contributed by atoms with E-state index in [1.807, 2.05) is 121 Å². The maximum atomic E-state index is 10.8. The molecule has 0 spiro atoms. The van der Waals surface area contributed by atoms with Crippen LogP contribution in [0.25, 0.3) is 43.1 Å². The molecule has 272 valence electrons. The Morgan fingerprint density at radius 3 is 0.611 bits per heavy atom. The first-order valence-corrected chi connectivity index (χ1v) is 16.0. The van der Waals surface area contributed by atoms with Gasteiger partial charge in [-0.2, -0.15) is 0 Å². The van der Waals surface area contributed by atoms with Gasteiger partial charge in [-0.25, -0.2) is 19.2 Å². The van der Waals surface area contributed by atoms with Crippen LogP contribution in [-0.4, -0.2) is 44.3 Å². The van der Waals surface area contributed by atoms with Gasteiger partial charge in [0.2, 0.25) is 0 Å². The van der Waals surface area contributed by atoms with Gasteiger partial charge < -0.3 is 32.7 Å². The number of carboxylic acids is 4. The van der Waals surface area contributed by atoms with E-state index in [-0.39, 0.29) is 12.3 Å². The lowest BCUT2D eigenvalue weighted by molar-refractivity contribution is 0.0688. The minimum Gasteiger partial charge on any atom is -0.478 e. The molecule has 10 N–H and O–H groups in total. The van der Waals surface area contributed by atoms with Crippen LogP contribution in [-0.2, 0) is 0 Å². The fraction of sp³-hybridized carbons (Fsp3) is 0. The van der Waals surface area contributed by atoms with Crippen LogP contribution < -0.4 is 12.3 Å². The summed E-state index contributed by atoms with van der Waals surface area (Å²) in [4.78, 5) is 43.3. The van der Waals surface area contributed by atoms with E-state index in [0.29, 0.717) is 22.3 Å². The predicted octanol–water partition coefficient (Wildman–Crippen LogP) is 10.5. The molecular weight excluding hydrogens is 684 g/mol. The van der Waals surface area contributed by atoms with Crippen molar-refractivity contribution >= 4 is 67.0 Å². The highest BCUT2D eigenvalue weighted by molar-refractivity contribution is 6.05. The summed E-state index contributed by atoms with van der Waals surface area (Å²) in [7, 11) is 0. The molecule has 0 bridgehead atoms. The zero-order chi connectivity index (χ0) is 37.0. The molecular formula is C44H38N2O8. The van der Waals surface area contributed by atoms with Crippen molar-refractivity contribution in [2.24, 2.45) is 0 Å². The highest BCUT2D eigenvalue weighted by Crippen LogP contribution is 2.21. The van der Waals surface area contributed by atoms with Gasteiger partial charge in [0.25, 0.3) is 0 Å². The third-order valence-corrected chi connectivity index (χ3v) is 8.08. The van der Waals surface area contributed by atoms with E-state index >= 15 is 0 Å². The van der Waals surface area contributed by atoms with Gasteiger partial charge >= 0.3 is 23.9 Å². The molecule has 0 saturated carbocycles. The van der Waals surface area contributed by atoms with Crippen LogP contribution in [0.3, 0.4) is 0 Å². The second kappa shape index (κ2) is 19.3. The first-order chi connectivity index (χ1) is 25.2. The number of hydrogen-bond acceptors (Lipinski definition) is 6. The maximum absolute atomic E-state index is 10.8. The van der Waals surface area contributed by atoms with E-state index in [1.165, 1.54) is 0 Å². The van der Waals surface area contributed by atoms with Gasteiger partial charge in [-0.05, 0) is 67.4 Å². The average Bonchev–Trinajstić information content (AvgIpc) is 3.17. The number of hydrogen-bond donors (Lipinski definition) is 6. The smallest absolute Gasteiger partial charge is 0.336 e. The molecule has 0 aromatic heterocycles. The van der Waals surface area contributed by atoms with Crippen molar-refractivity contribution in [1.29, 1.82) is 0 Å². The van der Waals surface area contributed by atoms with E-state index in [2.05, 4.69) is 0 Å². The Bertz CT molecular complexity index is 2190. The SMILES string of the molecule is N.N.O=C(O)c1cccc2ccccc12.O=C(O)c1cccc2ccccc12.O=C(O)c1cccc2ccccc12.O=C(O)c1cccc2ccccc12. The van der Waals surface area contributed by atoms with E-state index in [9.17, 15) is 19.2 Å². The number of rotatable bonds is 4. The minimum absolute atomic E-state index is 0. The molecule has 0 aliphatic carbocycles. The van der Waals surface area contributed by atoms with Crippen molar-refractivity contribution < 1.29 is 39.6 Å². The molecule has 0 atom stereocenters. The zero-order valence-electron chi connectivity index (χ0n) is 29.0. The highest BCUT2D eigenvalue weighted by atomic mass is 16.4. The van der Waals surface area contributed by atoms with Crippen LogP contribution in [0.4, 0.5) is 0 Å². The molecule has 8 rings (SSSR count). The molecule has 10 heteroatoms. The van der Waals surface area contributed by atoms with Crippen LogP contribution in [0.15, 0.2) is 170 Å². The van der Waals surface area contributed by atoms with Crippen molar-refractivity contribution in [2.75, 3.05) is 0 Å². The summed E-state index contributed by atoms with van der Waals surface area (Å²) in [5.74, 6) is -3.51. The van der Waals surface area contributed by atoms with Crippen molar-refractivity contribution in [3.63, 3.8) is 0 Å². The summed E-state index contributed by atoms with van der Waals surface area (Å²) >= 11 is 0. The summed E-state index contributed by atoms with van der Waals surface area (Å²) in [5.41, 5.74) is 1.44. The van der Waals surface area contributed by atoms with E-state index in [1.54, 1.807) is 48.5 Å². The van der Waals surface area contributed by atoms with E-state index in [4.69, 9.17) is 20.4 Å². The number of carboxylic acid groups (broad SMARTS) is 4. The quantitative estimate of drug-likeness (QED) is 0.101. The molecule has 10 nitrogen and oxygen atoms in total. The fourth-order valence-corrected chi connectivity index (χ4v) is 5.65. The predicted molar refractivity (Wildman–Crippen MR) is 214 cm³/mol.